The molecule has 3 aliphatic rings. The molecular formula is C19H24N4O6S2. The van der Waals surface area contributed by atoms with E-state index in [2.05, 4.69) is 10.4 Å². The van der Waals surface area contributed by atoms with Crippen molar-refractivity contribution in [3.8, 4) is 0 Å². The highest BCUT2D eigenvalue weighted by atomic mass is 32.2. The number of sulfonamides is 1. The van der Waals surface area contributed by atoms with Gasteiger partial charge in [0, 0.05) is 31.6 Å². The number of carbonyl (C=O) groups excluding carboxylic acids is 2. The zero-order chi connectivity index (χ0) is 22.2. The van der Waals surface area contributed by atoms with Crippen LogP contribution in [0, 0.1) is 0 Å². The second-order valence-electron chi connectivity index (χ2n) is 7.93. The molecule has 12 heteroatoms. The molecule has 3 heterocycles. The standard InChI is InChI=1S/C19H24N4O6S2/c24-18-8-7-17(21-23(18)15-9-12-30(26,27)13-15)19(25)20-14-3-5-16(6-4-14)31(28,29)22-10-1-2-11-22/h3-6,15H,1-2,7-13H2,(H,20,25)/t15-/m1/s1. The van der Waals surface area contributed by atoms with Crippen LogP contribution in [-0.4, -0.2) is 74.3 Å². The maximum Gasteiger partial charge on any atom is 0.271 e. The van der Waals surface area contributed by atoms with Gasteiger partial charge in [-0.1, -0.05) is 0 Å². The average Bonchev–Trinajstić information content (AvgIpc) is 3.39. The van der Waals surface area contributed by atoms with Crippen molar-refractivity contribution in [1.29, 1.82) is 0 Å². The highest BCUT2D eigenvalue weighted by Gasteiger charge is 2.37. The zero-order valence-electron chi connectivity index (χ0n) is 16.9. The van der Waals surface area contributed by atoms with Gasteiger partial charge >= 0.3 is 0 Å². The van der Waals surface area contributed by atoms with Gasteiger partial charge in [0.1, 0.15) is 5.71 Å². The van der Waals surface area contributed by atoms with Crippen LogP contribution in [0.4, 0.5) is 5.69 Å². The number of amides is 2. The van der Waals surface area contributed by atoms with Crippen molar-refractivity contribution >= 4 is 43.1 Å². The molecule has 3 aliphatic heterocycles. The summed E-state index contributed by atoms with van der Waals surface area (Å²) in [6, 6.07) is 5.37. The van der Waals surface area contributed by atoms with Crippen molar-refractivity contribution in [2.24, 2.45) is 5.10 Å². The third-order valence-electron chi connectivity index (χ3n) is 5.69. The molecule has 0 bridgehead atoms. The van der Waals surface area contributed by atoms with E-state index in [0.29, 0.717) is 25.2 Å². The summed E-state index contributed by atoms with van der Waals surface area (Å²) in [7, 11) is -6.73. The van der Waals surface area contributed by atoms with Crippen LogP contribution in [0.5, 0.6) is 0 Å². The topological polar surface area (TPSA) is 133 Å². The molecule has 0 saturated carbocycles. The summed E-state index contributed by atoms with van der Waals surface area (Å²) < 4.78 is 50.1. The highest BCUT2D eigenvalue weighted by Crippen LogP contribution is 2.24. The number of benzene rings is 1. The normalized spacial score (nSPS) is 24.3. The van der Waals surface area contributed by atoms with E-state index in [0.717, 1.165) is 17.9 Å². The Kier molecular flexibility index (Phi) is 5.88. The Morgan fingerprint density at radius 3 is 2.39 bits per heavy atom. The number of hydrogen-bond donors (Lipinski definition) is 1. The van der Waals surface area contributed by atoms with Crippen LogP contribution < -0.4 is 5.32 Å². The van der Waals surface area contributed by atoms with E-state index in [4.69, 9.17) is 0 Å². The van der Waals surface area contributed by atoms with E-state index in [1.165, 1.54) is 28.6 Å². The van der Waals surface area contributed by atoms with Gasteiger partial charge in [0.2, 0.25) is 15.9 Å². The predicted octanol–water partition coefficient (Wildman–Crippen LogP) is 0.575. The van der Waals surface area contributed by atoms with Gasteiger partial charge in [-0.15, -0.1) is 0 Å². The number of anilines is 1. The van der Waals surface area contributed by atoms with Crippen LogP contribution >= 0.6 is 0 Å². The van der Waals surface area contributed by atoms with Crippen molar-refractivity contribution in [1.82, 2.24) is 9.31 Å². The molecule has 1 aromatic rings. The first kappa shape index (κ1) is 21.9. The number of carbonyl (C=O) groups is 2. The van der Waals surface area contributed by atoms with E-state index in [1.807, 2.05) is 0 Å². The largest absolute Gasteiger partial charge is 0.321 e. The number of hydrogen-bond acceptors (Lipinski definition) is 7. The number of rotatable bonds is 5. The smallest absolute Gasteiger partial charge is 0.271 e. The quantitative estimate of drug-likeness (QED) is 0.672. The van der Waals surface area contributed by atoms with Gasteiger partial charge in [-0.2, -0.15) is 9.41 Å². The molecule has 4 rings (SSSR count). The second-order valence-corrected chi connectivity index (χ2v) is 12.1. The second kappa shape index (κ2) is 8.32. The summed E-state index contributed by atoms with van der Waals surface area (Å²) >= 11 is 0. The number of sulfone groups is 1. The third-order valence-corrected chi connectivity index (χ3v) is 9.35. The van der Waals surface area contributed by atoms with Crippen LogP contribution in [0.1, 0.15) is 32.1 Å². The van der Waals surface area contributed by atoms with Gasteiger partial charge in [-0.25, -0.2) is 21.8 Å². The predicted molar refractivity (Wildman–Crippen MR) is 114 cm³/mol. The molecule has 1 aromatic carbocycles. The van der Waals surface area contributed by atoms with Crippen LogP contribution in [0.25, 0.3) is 0 Å². The highest BCUT2D eigenvalue weighted by molar-refractivity contribution is 7.91. The fourth-order valence-electron chi connectivity index (χ4n) is 3.98. The van der Waals surface area contributed by atoms with Crippen LogP contribution in [0.2, 0.25) is 0 Å². The molecule has 0 aliphatic carbocycles. The average molecular weight is 469 g/mol. The van der Waals surface area contributed by atoms with Crippen molar-refractivity contribution < 1.29 is 26.4 Å². The number of nitrogens with zero attached hydrogens (tertiary/aromatic N) is 3. The van der Waals surface area contributed by atoms with E-state index in [1.54, 1.807) is 0 Å². The molecule has 0 aromatic heterocycles. The molecule has 0 unspecified atom stereocenters. The molecule has 1 N–H and O–H groups in total. The monoisotopic (exact) mass is 468 g/mol. The van der Waals surface area contributed by atoms with Crippen molar-refractivity contribution in [3.63, 3.8) is 0 Å². The Hall–Kier alpha value is -2.31. The summed E-state index contributed by atoms with van der Waals surface area (Å²) in [5, 5.41) is 7.94. The van der Waals surface area contributed by atoms with Crippen molar-refractivity contribution in [2.45, 2.75) is 43.0 Å². The van der Waals surface area contributed by atoms with E-state index in [9.17, 15) is 26.4 Å². The van der Waals surface area contributed by atoms with Gasteiger partial charge < -0.3 is 5.32 Å². The van der Waals surface area contributed by atoms with Crippen LogP contribution in [-0.2, 0) is 29.4 Å². The minimum absolute atomic E-state index is 0.00514. The molecule has 2 amide bonds. The lowest BCUT2D eigenvalue weighted by Crippen LogP contribution is -2.42. The first-order chi connectivity index (χ1) is 14.7. The Labute approximate surface area is 181 Å². The molecule has 2 saturated heterocycles. The summed E-state index contributed by atoms with van der Waals surface area (Å²) in [6.07, 6.45) is 2.24. The van der Waals surface area contributed by atoms with Gasteiger partial charge in [-0.05, 0) is 43.5 Å². The summed E-state index contributed by atoms with van der Waals surface area (Å²) in [5.41, 5.74) is 0.539. The SMILES string of the molecule is O=C(Nc1ccc(S(=O)(=O)N2CCCC2)cc1)C1=NN([C@@H]2CCS(=O)(=O)C2)C(=O)CC1. The first-order valence-electron chi connectivity index (χ1n) is 10.2. The minimum atomic E-state index is -3.53. The fourth-order valence-corrected chi connectivity index (χ4v) is 7.19. The Morgan fingerprint density at radius 1 is 1.10 bits per heavy atom. The van der Waals surface area contributed by atoms with E-state index >= 15 is 0 Å². The molecule has 31 heavy (non-hydrogen) atoms. The molecule has 168 valence electrons. The fraction of sp³-hybridized carbons (Fsp3) is 0.526. The van der Waals surface area contributed by atoms with Gasteiger partial charge in [0.15, 0.2) is 9.84 Å². The Bertz CT molecular complexity index is 1120. The minimum Gasteiger partial charge on any atom is -0.321 e. The summed E-state index contributed by atoms with van der Waals surface area (Å²) in [5.74, 6) is -0.946. The van der Waals surface area contributed by atoms with Gasteiger partial charge in [-0.3, -0.25) is 9.59 Å². The molecule has 10 nitrogen and oxygen atoms in total. The van der Waals surface area contributed by atoms with E-state index in [-0.39, 0.29) is 40.9 Å². The lowest BCUT2D eigenvalue weighted by atomic mass is 10.1. The van der Waals surface area contributed by atoms with Crippen LogP contribution in [0.3, 0.4) is 0 Å². The molecule has 0 spiro atoms. The summed E-state index contributed by atoms with van der Waals surface area (Å²) in [6.45, 7) is 1.02. The van der Waals surface area contributed by atoms with Crippen molar-refractivity contribution in [3.05, 3.63) is 24.3 Å². The van der Waals surface area contributed by atoms with Crippen LogP contribution in [0.15, 0.2) is 34.3 Å². The Morgan fingerprint density at radius 2 is 1.77 bits per heavy atom. The maximum atomic E-state index is 12.6. The van der Waals surface area contributed by atoms with Crippen molar-refractivity contribution in [2.75, 3.05) is 29.9 Å². The maximum absolute atomic E-state index is 12.6. The van der Waals surface area contributed by atoms with Gasteiger partial charge in [0.25, 0.3) is 5.91 Å². The number of nitrogens with one attached hydrogen (secondary N) is 1. The first-order valence-corrected chi connectivity index (χ1v) is 13.4. The lowest BCUT2D eigenvalue weighted by Gasteiger charge is -2.27. The molecule has 2 fully saturated rings. The molecule has 1 atom stereocenters. The number of hydrazone groups is 1. The zero-order valence-corrected chi connectivity index (χ0v) is 18.5. The Balaban J connectivity index is 1.45. The molecular weight excluding hydrogens is 444 g/mol. The van der Waals surface area contributed by atoms with E-state index < -0.39 is 31.8 Å². The molecule has 0 radical (unpaired) electrons. The van der Waals surface area contributed by atoms with Gasteiger partial charge in [0.05, 0.1) is 22.4 Å². The summed E-state index contributed by atoms with van der Waals surface area (Å²) in [4.78, 5) is 25.0. The third kappa shape index (κ3) is 4.65. The lowest BCUT2D eigenvalue weighted by molar-refractivity contribution is -0.133.